The molecule has 11 rings (SSSR count). The van der Waals surface area contributed by atoms with E-state index in [1.54, 1.807) is 0 Å². The Bertz CT molecular complexity index is 3140. The third-order valence-electron chi connectivity index (χ3n) is 10.4. The van der Waals surface area contributed by atoms with E-state index in [0.717, 1.165) is 77.8 Å². The maximum atomic E-state index is 6.86. The van der Waals surface area contributed by atoms with Crippen LogP contribution in [0, 0.1) is 0 Å². The number of hydrogen-bond donors (Lipinski definition) is 0. The van der Waals surface area contributed by atoms with Crippen LogP contribution in [0.15, 0.2) is 197 Å². The minimum Gasteiger partial charge on any atom is -0.454 e. The second kappa shape index (κ2) is 12.1. The van der Waals surface area contributed by atoms with Crippen LogP contribution in [0.3, 0.4) is 0 Å². The van der Waals surface area contributed by atoms with Crippen molar-refractivity contribution >= 4 is 71.9 Å². The standard InChI is InChI=1S/C49H31N3O2/c1-4-14-32(15-5-1)33-26-28-36(29-27-33)52(42-24-13-23-41-45(42)37-20-10-11-22-40(37)51(41)35-18-8-3-9-19-35)43-25-12-21-38-46-44(53-47(38)43)31-30-39-48(46)54-49(50-39)34-16-6-2-7-17-34/h1-31H. The van der Waals surface area contributed by atoms with E-state index in [-0.39, 0.29) is 0 Å². The molecule has 0 N–H and O–H groups in total. The van der Waals surface area contributed by atoms with Crippen molar-refractivity contribution in [3.8, 4) is 28.3 Å². The number of fused-ring (bicyclic) bond motifs is 8. The van der Waals surface area contributed by atoms with Crippen LogP contribution in [0.5, 0.6) is 0 Å². The largest absolute Gasteiger partial charge is 0.454 e. The lowest BCUT2D eigenvalue weighted by Crippen LogP contribution is -2.10. The summed E-state index contributed by atoms with van der Waals surface area (Å²) in [7, 11) is 0. The smallest absolute Gasteiger partial charge is 0.227 e. The fourth-order valence-corrected chi connectivity index (χ4v) is 8.02. The van der Waals surface area contributed by atoms with E-state index < -0.39 is 0 Å². The Morgan fingerprint density at radius 2 is 1.06 bits per heavy atom. The van der Waals surface area contributed by atoms with Gasteiger partial charge in [-0.05, 0) is 83.9 Å². The summed E-state index contributed by atoms with van der Waals surface area (Å²) in [6, 6.07) is 65.6. The Balaban J connectivity index is 1.19. The topological polar surface area (TPSA) is 47.3 Å². The van der Waals surface area contributed by atoms with E-state index in [2.05, 4.69) is 155 Å². The maximum Gasteiger partial charge on any atom is 0.227 e. The molecular weight excluding hydrogens is 663 g/mol. The Kier molecular flexibility index (Phi) is 6.79. The van der Waals surface area contributed by atoms with Crippen LogP contribution in [0.2, 0.25) is 0 Å². The second-order valence-corrected chi connectivity index (χ2v) is 13.5. The van der Waals surface area contributed by atoms with Gasteiger partial charge in [0.1, 0.15) is 11.1 Å². The monoisotopic (exact) mass is 693 g/mol. The van der Waals surface area contributed by atoms with Gasteiger partial charge in [-0.1, -0.05) is 115 Å². The second-order valence-electron chi connectivity index (χ2n) is 13.5. The van der Waals surface area contributed by atoms with Crippen LogP contribution >= 0.6 is 0 Å². The van der Waals surface area contributed by atoms with Gasteiger partial charge in [0.15, 0.2) is 11.2 Å². The zero-order chi connectivity index (χ0) is 35.6. The van der Waals surface area contributed by atoms with E-state index in [4.69, 9.17) is 13.8 Å². The summed E-state index contributed by atoms with van der Waals surface area (Å²) in [6.45, 7) is 0. The van der Waals surface area contributed by atoms with E-state index in [1.165, 1.54) is 10.9 Å². The normalized spacial score (nSPS) is 11.7. The Labute approximate surface area is 310 Å². The summed E-state index contributed by atoms with van der Waals surface area (Å²) >= 11 is 0. The molecule has 0 aliphatic heterocycles. The fraction of sp³-hybridized carbons (Fsp3) is 0. The number of anilines is 3. The molecule has 3 heterocycles. The van der Waals surface area contributed by atoms with Crippen molar-refractivity contribution in [3.63, 3.8) is 0 Å². The molecule has 0 radical (unpaired) electrons. The van der Waals surface area contributed by atoms with Gasteiger partial charge < -0.3 is 18.3 Å². The summed E-state index contributed by atoms with van der Waals surface area (Å²) in [5.74, 6) is 0.588. The summed E-state index contributed by atoms with van der Waals surface area (Å²) < 4.78 is 15.7. The van der Waals surface area contributed by atoms with Crippen LogP contribution < -0.4 is 4.90 Å². The minimum absolute atomic E-state index is 0.588. The zero-order valence-corrected chi connectivity index (χ0v) is 29.1. The number of rotatable bonds is 6. The van der Waals surface area contributed by atoms with Gasteiger partial charge in [0, 0.05) is 33.1 Å². The molecule has 5 heteroatoms. The van der Waals surface area contributed by atoms with Crippen LogP contribution in [0.1, 0.15) is 0 Å². The molecule has 3 aromatic heterocycles. The molecule has 8 aromatic carbocycles. The Hall–Kier alpha value is -7.37. The lowest BCUT2D eigenvalue weighted by molar-refractivity contribution is 0.622. The molecular formula is C49H31N3O2. The first-order valence-corrected chi connectivity index (χ1v) is 18.1. The summed E-state index contributed by atoms with van der Waals surface area (Å²) in [6.07, 6.45) is 0. The highest BCUT2D eigenvalue weighted by molar-refractivity contribution is 6.21. The number of aromatic nitrogens is 2. The molecule has 0 atom stereocenters. The number of para-hydroxylation sites is 3. The third-order valence-corrected chi connectivity index (χ3v) is 10.4. The van der Waals surface area contributed by atoms with Crippen LogP contribution in [-0.4, -0.2) is 9.55 Å². The van der Waals surface area contributed by atoms with Crippen molar-refractivity contribution in [1.82, 2.24) is 9.55 Å². The fourth-order valence-electron chi connectivity index (χ4n) is 8.02. The van der Waals surface area contributed by atoms with Crippen LogP contribution in [0.4, 0.5) is 17.1 Å². The first kappa shape index (κ1) is 30.3. The maximum absolute atomic E-state index is 6.86. The van der Waals surface area contributed by atoms with Crippen molar-refractivity contribution in [3.05, 3.63) is 188 Å². The van der Waals surface area contributed by atoms with E-state index >= 15 is 0 Å². The Morgan fingerprint density at radius 3 is 1.85 bits per heavy atom. The number of oxazole rings is 1. The van der Waals surface area contributed by atoms with Gasteiger partial charge in [0.2, 0.25) is 5.89 Å². The van der Waals surface area contributed by atoms with Crippen molar-refractivity contribution in [2.24, 2.45) is 0 Å². The average Bonchev–Trinajstić information content (AvgIpc) is 3.95. The van der Waals surface area contributed by atoms with Crippen molar-refractivity contribution < 1.29 is 8.83 Å². The summed E-state index contributed by atoms with van der Waals surface area (Å²) in [5.41, 5.74) is 12.7. The zero-order valence-electron chi connectivity index (χ0n) is 29.1. The third kappa shape index (κ3) is 4.69. The molecule has 0 spiro atoms. The number of nitrogens with zero attached hydrogens (tertiary/aromatic N) is 3. The van der Waals surface area contributed by atoms with E-state index in [0.29, 0.717) is 11.5 Å². The van der Waals surface area contributed by atoms with E-state index in [1.807, 2.05) is 42.5 Å². The van der Waals surface area contributed by atoms with Crippen LogP contribution in [0.25, 0.3) is 83.1 Å². The predicted molar refractivity (Wildman–Crippen MR) is 221 cm³/mol. The molecule has 5 nitrogen and oxygen atoms in total. The molecule has 0 saturated heterocycles. The van der Waals surface area contributed by atoms with Crippen LogP contribution in [-0.2, 0) is 0 Å². The lowest BCUT2D eigenvalue weighted by Gasteiger charge is -2.27. The van der Waals surface area contributed by atoms with Gasteiger partial charge in [0.05, 0.1) is 27.8 Å². The van der Waals surface area contributed by atoms with Gasteiger partial charge in [-0.25, -0.2) is 4.98 Å². The highest BCUT2D eigenvalue weighted by Gasteiger charge is 2.25. The molecule has 0 fully saturated rings. The lowest BCUT2D eigenvalue weighted by atomic mass is 10.0. The average molecular weight is 694 g/mol. The molecule has 0 aliphatic rings. The minimum atomic E-state index is 0.588. The molecule has 254 valence electrons. The summed E-state index contributed by atoms with van der Waals surface area (Å²) in [5, 5.41) is 4.21. The highest BCUT2D eigenvalue weighted by atomic mass is 16.4. The number of hydrogen-bond acceptors (Lipinski definition) is 4. The number of furan rings is 1. The number of benzene rings is 8. The molecule has 11 aromatic rings. The van der Waals surface area contributed by atoms with Crippen molar-refractivity contribution in [1.29, 1.82) is 0 Å². The first-order chi connectivity index (χ1) is 26.8. The van der Waals surface area contributed by atoms with Gasteiger partial charge in [0.25, 0.3) is 0 Å². The summed E-state index contributed by atoms with van der Waals surface area (Å²) in [4.78, 5) is 7.22. The molecule has 0 saturated carbocycles. The highest BCUT2D eigenvalue weighted by Crippen LogP contribution is 2.48. The van der Waals surface area contributed by atoms with Gasteiger partial charge in [-0.2, -0.15) is 0 Å². The molecule has 0 unspecified atom stereocenters. The molecule has 0 bridgehead atoms. The van der Waals surface area contributed by atoms with Gasteiger partial charge in [-0.3, -0.25) is 0 Å². The predicted octanol–water partition coefficient (Wildman–Crippen LogP) is 13.6. The van der Waals surface area contributed by atoms with Crippen molar-refractivity contribution in [2.45, 2.75) is 0 Å². The van der Waals surface area contributed by atoms with Crippen molar-refractivity contribution in [2.75, 3.05) is 4.90 Å². The van der Waals surface area contributed by atoms with Gasteiger partial charge >= 0.3 is 0 Å². The molecule has 0 amide bonds. The molecule has 54 heavy (non-hydrogen) atoms. The van der Waals surface area contributed by atoms with E-state index in [9.17, 15) is 0 Å². The first-order valence-electron chi connectivity index (χ1n) is 18.1. The Morgan fingerprint density at radius 1 is 0.426 bits per heavy atom. The quantitative estimate of drug-likeness (QED) is 0.174. The van der Waals surface area contributed by atoms with Gasteiger partial charge in [-0.15, -0.1) is 0 Å². The molecule has 0 aliphatic carbocycles. The SMILES string of the molecule is c1ccc(-c2ccc(N(c3cccc4c3oc3ccc5nc(-c6ccccc6)oc5c34)c3cccc4c3c3ccccc3n4-c3ccccc3)cc2)cc1.